The number of ether oxygens (including phenoxy) is 1. The molecule has 0 bridgehead atoms. The van der Waals surface area contributed by atoms with Crippen molar-refractivity contribution in [3.05, 3.63) is 103 Å². The molecular weight excluding hydrogens is 388 g/mol. The van der Waals surface area contributed by atoms with Crippen molar-refractivity contribution in [1.29, 1.82) is 0 Å². The smallest absolute Gasteiger partial charge is 0.276 e. The van der Waals surface area contributed by atoms with Gasteiger partial charge in [-0.05, 0) is 28.0 Å². The van der Waals surface area contributed by atoms with Gasteiger partial charge in [0.2, 0.25) is 5.91 Å². The van der Waals surface area contributed by atoms with Crippen LogP contribution in [0.25, 0.3) is 21.9 Å². The number of hydrazine groups is 1. The average Bonchev–Trinajstić information content (AvgIpc) is 2.82. The van der Waals surface area contributed by atoms with Crippen molar-refractivity contribution >= 4 is 22.6 Å². The standard InChI is InChI=1S/C26H22N2O3/c29-25(17-19-14-15-20-8-4-5-11-22(20)16-19)27-28-26(30)18-31-24-13-7-6-12-23(24)21-9-2-1-3-10-21/h1-16H,17-18H2,(H,27,29)(H,28,30). The van der Waals surface area contributed by atoms with Gasteiger partial charge in [-0.3, -0.25) is 20.4 Å². The SMILES string of the molecule is O=C(COc1ccccc1-c1ccccc1)NNC(=O)Cc1ccc2ccccc2c1. The number of nitrogens with one attached hydrogen (secondary N) is 2. The lowest BCUT2D eigenvalue weighted by molar-refractivity contribution is -0.129. The molecule has 0 saturated carbocycles. The molecule has 0 spiro atoms. The predicted molar refractivity (Wildman–Crippen MR) is 121 cm³/mol. The van der Waals surface area contributed by atoms with Crippen LogP contribution in [0.15, 0.2) is 97.1 Å². The Labute approximate surface area is 180 Å². The lowest BCUT2D eigenvalue weighted by Crippen LogP contribution is -2.44. The normalized spacial score (nSPS) is 10.5. The van der Waals surface area contributed by atoms with Crippen LogP contribution < -0.4 is 15.6 Å². The van der Waals surface area contributed by atoms with Gasteiger partial charge in [-0.1, -0.05) is 91.0 Å². The van der Waals surface area contributed by atoms with Crippen molar-refractivity contribution in [2.45, 2.75) is 6.42 Å². The Balaban J connectivity index is 1.29. The van der Waals surface area contributed by atoms with Crippen LogP contribution >= 0.6 is 0 Å². The lowest BCUT2D eigenvalue weighted by Gasteiger charge is -2.12. The van der Waals surface area contributed by atoms with E-state index < -0.39 is 5.91 Å². The molecule has 5 heteroatoms. The Morgan fingerprint density at radius 1 is 0.677 bits per heavy atom. The van der Waals surface area contributed by atoms with Crippen molar-refractivity contribution in [2.24, 2.45) is 0 Å². The third-order valence-corrected chi connectivity index (χ3v) is 4.85. The molecule has 31 heavy (non-hydrogen) atoms. The molecule has 0 aromatic heterocycles. The highest BCUT2D eigenvalue weighted by Crippen LogP contribution is 2.29. The van der Waals surface area contributed by atoms with Gasteiger partial charge >= 0.3 is 0 Å². The van der Waals surface area contributed by atoms with E-state index in [0.717, 1.165) is 27.5 Å². The van der Waals surface area contributed by atoms with Crippen LogP contribution in [0.4, 0.5) is 0 Å². The molecule has 2 amide bonds. The van der Waals surface area contributed by atoms with Crippen molar-refractivity contribution in [2.75, 3.05) is 6.61 Å². The van der Waals surface area contributed by atoms with E-state index in [1.165, 1.54) is 0 Å². The highest BCUT2D eigenvalue weighted by Gasteiger charge is 2.10. The van der Waals surface area contributed by atoms with Crippen LogP contribution in [-0.4, -0.2) is 18.4 Å². The third-order valence-electron chi connectivity index (χ3n) is 4.85. The topological polar surface area (TPSA) is 67.4 Å². The maximum Gasteiger partial charge on any atom is 0.276 e. The van der Waals surface area contributed by atoms with E-state index in [0.29, 0.717) is 5.75 Å². The van der Waals surface area contributed by atoms with Gasteiger partial charge in [0.1, 0.15) is 5.75 Å². The Kier molecular flexibility index (Phi) is 6.24. The van der Waals surface area contributed by atoms with Crippen LogP contribution in [0, 0.1) is 0 Å². The first-order valence-corrected chi connectivity index (χ1v) is 10.0. The van der Waals surface area contributed by atoms with E-state index in [1.807, 2.05) is 97.1 Å². The van der Waals surface area contributed by atoms with Gasteiger partial charge < -0.3 is 4.74 Å². The number of carbonyl (C=O) groups excluding carboxylic acids is 2. The highest BCUT2D eigenvalue weighted by molar-refractivity contribution is 5.87. The first-order valence-electron chi connectivity index (χ1n) is 10.0. The molecule has 4 aromatic rings. The number of rotatable bonds is 6. The van der Waals surface area contributed by atoms with Gasteiger partial charge in [0.25, 0.3) is 5.91 Å². The van der Waals surface area contributed by atoms with Crippen LogP contribution in [0.1, 0.15) is 5.56 Å². The highest BCUT2D eigenvalue weighted by atomic mass is 16.5. The summed E-state index contributed by atoms with van der Waals surface area (Å²) in [6, 6.07) is 31.2. The molecule has 4 aromatic carbocycles. The Bertz CT molecular complexity index is 1210. The molecule has 0 aliphatic carbocycles. The van der Waals surface area contributed by atoms with Crippen molar-refractivity contribution in [1.82, 2.24) is 10.9 Å². The van der Waals surface area contributed by atoms with Gasteiger partial charge in [-0.2, -0.15) is 0 Å². The lowest BCUT2D eigenvalue weighted by atomic mass is 10.1. The van der Waals surface area contributed by atoms with E-state index in [1.54, 1.807) is 0 Å². The zero-order valence-electron chi connectivity index (χ0n) is 16.9. The van der Waals surface area contributed by atoms with Gasteiger partial charge in [-0.25, -0.2) is 0 Å². The number of hydrogen-bond acceptors (Lipinski definition) is 3. The van der Waals surface area contributed by atoms with E-state index in [2.05, 4.69) is 10.9 Å². The third kappa shape index (κ3) is 5.28. The zero-order valence-corrected chi connectivity index (χ0v) is 16.9. The van der Waals surface area contributed by atoms with Crippen molar-refractivity contribution in [3.8, 4) is 16.9 Å². The Hall–Kier alpha value is -4.12. The fourth-order valence-corrected chi connectivity index (χ4v) is 3.35. The fraction of sp³-hybridized carbons (Fsp3) is 0.0769. The molecule has 154 valence electrons. The summed E-state index contributed by atoms with van der Waals surface area (Å²) in [6.45, 7) is -0.208. The second-order valence-corrected chi connectivity index (χ2v) is 7.11. The molecule has 0 heterocycles. The number of amides is 2. The maximum absolute atomic E-state index is 12.2. The second kappa shape index (κ2) is 9.59. The second-order valence-electron chi connectivity index (χ2n) is 7.11. The summed E-state index contributed by atoms with van der Waals surface area (Å²) >= 11 is 0. The molecule has 0 aliphatic rings. The average molecular weight is 410 g/mol. The maximum atomic E-state index is 12.2. The summed E-state index contributed by atoms with van der Waals surface area (Å²) in [5.41, 5.74) is 7.62. The Morgan fingerprint density at radius 2 is 1.35 bits per heavy atom. The van der Waals surface area contributed by atoms with E-state index in [9.17, 15) is 9.59 Å². The largest absolute Gasteiger partial charge is 0.483 e. The van der Waals surface area contributed by atoms with Crippen LogP contribution in [-0.2, 0) is 16.0 Å². The van der Waals surface area contributed by atoms with E-state index in [4.69, 9.17) is 4.74 Å². The predicted octanol–water partition coefficient (Wildman–Crippen LogP) is 4.28. The molecule has 5 nitrogen and oxygen atoms in total. The minimum Gasteiger partial charge on any atom is -0.483 e. The zero-order chi connectivity index (χ0) is 21.5. The molecular formula is C26H22N2O3. The van der Waals surface area contributed by atoms with E-state index in [-0.39, 0.29) is 18.9 Å². The molecule has 2 N–H and O–H groups in total. The van der Waals surface area contributed by atoms with Gasteiger partial charge in [-0.15, -0.1) is 0 Å². The summed E-state index contributed by atoms with van der Waals surface area (Å²) in [5, 5.41) is 2.19. The Morgan fingerprint density at radius 3 is 2.19 bits per heavy atom. The van der Waals surface area contributed by atoms with Crippen molar-refractivity contribution < 1.29 is 14.3 Å². The fourth-order valence-electron chi connectivity index (χ4n) is 3.35. The molecule has 0 atom stereocenters. The summed E-state index contributed by atoms with van der Waals surface area (Å²) in [7, 11) is 0. The van der Waals surface area contributed by atoms with E-state index >= 15 is 0 Å². The molecule has 0 radical (unpaired) electrons. The summed E-state index contributed by atoms with van der Waals surface area (Å²) < 4.78 is 5.69. The molecule has 0 unspecified atom stereocenters. The summed E-state index contributed by atoms with van der Waals surface area (Å²) in [5.74, 6) is -0.130. The van der Waals surface area contributed by atoms with Gasteiger partial charge in [0.05, 0.1) is 6.42 Å². The quantitative estimate of drug-likeness (QED) is 0.467. The molecule has 4 rings (SSSR count). The number of para-hydroxylation sites is 1. The molecule has 0 fully saturated rings. The first kappa shape index (κ1) is 20.2. The van der Waals surface area contributed by atoms with Gasteiger partial charge in [0, 0.05) is 5.56 Å². The minimum atomic E-state index is -0.435. The number of carbonyl (C=O) groups is 2. The van der Waals surface area contributed by atoms with Crippen LogP contribution in [0.5, 0.6) is 5.75 Å². The van der Waals surface area contributed by atoms with Crippen LogP contribution in [0.2, 0.25) is 0 Å². The molecule has 0 saturated heterocycles. The van der Waals surface area contributed by atoms with Crippen LogP contribution in [0.3, 0.4) is 0 Å². The van der Waals surface area contributed by atoms with Gasteiger partial charge in [0.15, 0.2) is 6.61 Å². The number of hydrogen-bond donors (Lipinski definition) is 2. The summed E-state index contributed by atoms with van der Waals surface area (Å²) in [6.07, 6.45) is 0.169. The monoisotopic (exact) mass is 410 g/mol. The first-order chi connectivity index (χ1) is 15.2. The number of fused-ring (bicyclic) bond motifs is 1. The molecule has 0 aliphatic heterocycles. The summed E-state index contributed by atoms with van der Waals surface area (Å²) in [4.78, 5) is 24.3. The van der Waals surface area contributed by atoms with Crippen molar-refractivity contribution in [3.63, 3.8) is 0 Å². The minimum absolute atomic E-state index is 0.169. The number of benzene rings is 4.